The van der Waals surface area contributed by atoms with Gasteiger partial charge in [0.2, 0.25) is 0 Å². The van der Waals surface area contributed by atoms with Crippen LogP contribution in [0.15, 0.2) is 11.3 Å². The minimum absolute atomic E-state index is 0.198. The summed E-state index contributed by atoms with van der Waals surface area (Å²) in [5.74, 6) is 0. The van der Waals surface area contributed by atoms with Gasteiger partial charge in [0.15, 0.2) is 0 Å². The molecule has 0 aromatic carbocycles. The molecule has 1 heterocycles. The first-order chi connectivity index (χ1) is 6.19. The molecule has 0 aliphatic rings. The molecule has 0 spiro atoms. The van der Waals surface area contributed by atoms with E-state index in [1.807, 2.05) is 6.92 Å². The number of aryl methyl sites for hydroxylation is 2. The van der Waals surface area contributed by atoms with Gasteiger partial charge in [-0.05, 0) is 12.5 Å². The average Bonchev–Trinajstić information content (AvgIpc) is 2.41. The number of aliphatic hydroxyl groups is 1. The van der Waals surface area contributed by atoms with Crippen LogP contribution in [0.3, 0.4) is 0 Å². The minimum atomic E-state index is -0.529. The van der Waals surface area contributed by atoms with Crippen LogP contribution in [-0.4, -0.2) is 21.5 Å². The van der Waals surface area contributed by atoms with E-state index in [-0.39, 0.29) is 6.61 Å². The van der Waals surface area contributed by atoms with Crippen LogP contribution in [0, 0.1) is 6.92 Å². The van der Waals surface area contributed by atoms with Gasteiger partial charge in [-0.25, -0.2) is 0 Å². The molecule has 1 atom stereocenters. The van der Waals surface area contributed by atoms with Crippen LogP contribution in [0.4, 0.5) is 0 Å². The lowest BCUT2D eigenvalue weighted by Crippen LogP contribution is -2.00. The first-order valence-corrected chi connectivity index (χ1v) is 3.84. The predicted octanol–water partition coefficient (Wildman–Crippen LogP) is 1.07. The lowest BCUT2D eigenvalue weighted by molar-refractivity contribution is 0.267. The van der Waals surface area contributed by atoms with Crippen molar-refractivity contribution in [2.75, 3.05) is 6.61 Å². The van der Waals surface area contributed by atoms with Crippen LogP contribution in [0.2, 0.25) is 0 Å². The zero-order valence-corrected chi connectivity index (χ0v) is 7.55. The smallest absolute Gasteiger partial charge is 0.0889 e. The van der Waals surface area contributed by atoms with Crippen LogP contribution in [0.1, 0.15) is 17.3 Å². The van der Waals surface area contributed by atoms with E-state index < -0.39 is 6.04 Å². The maximum atomic E-state index is 8.94. The number of aromatic nitrogens is 2. The fraction of sp³-hybridized carbons (Fsp3) is 0.571. The predicted molar refractivity (Wildman–Crippen MR) is 46.9 cm³/mol. The Balaban J connectivity index is 3.03. The van der Waals surface area contributed by atoms with Crippen molar-refractivity contribution in [2.45, 2.75) is 13.0 Å². The van der Waals surface area contributed by atoms with Crippen LogP contribution < -0.4 is 0 Å². The topological polar surface area (TPSA) is 86.8 Å². The SMILES string of the molecule is Cc1nn(C)cc1C(CO)N=[N+]=[N-]. The maximum Gasteiger partial charge on any atom is 0.0889 e. The van der Waals surface area contributed by atoms with Crippen LogP contribution >= 0.6 is 0 Å². The van der Waals surface area contributed by atoms with E-state index in [0.29, 0.717) is 0 Å². The summed E-state index contributed by atoms with van der Waals surface area (Å²) in [5, 5.41) is 16.5. The van der Waals surface area contributed by atoms with Gasteiger partial charge in [-0.3, -0.25) is 4.68 Å². The van der Waals surface area contributed by atoms with E-state index >= 15 is 0 Å². The standard InChI is InChI=1S/C7H11N5O/c1-5-6(3-12(2)10-5)7(4-13)9-11-8/h3,7,13H,4H2,1-2H3. The number of hydrogen-bond donors (Lipinski definition) is 1. The second-order valence-electron chi connectivity index (χ2n) is 2.75. The van der Waals surface area contributed by atoms with E-state index in [4.69, 9.17) is 10.6 Å². The minimum Gasteiger partial charge on any atom is -0.396 e. The summed E-state index contributed by atoms with van der Waals surface area (Å²) < 4.78 is 1.63. The Morgan fingerprint density at radius 3 is 2.92 bits per heavy atom. The second-order valence-corrected chi connectivity index (χ2v) is 2.75. The molecular formula is C7H11N5O. The van der Waals surface area contributed by atoms with Crippen LogP contribution in [0.5, 0.6) is 0 Å². The molecule has 0 saturated carbocycles. The highest BCUT2D eigenvalue weighted by Crippen LogP contribution is 2.19. The van der Waals surface area contributed by atoms with Gasteiger partial charge in [0, 0.05) is 23.7 Å². The van der Waals surface area contributed by atoms with E-state index in [1.54, 1.807) is 17.9 Å². The molecule has 70 valence electrons. The Labute approximate surface area is 75.4 Å². The normalized spacial score (nSPS) is 12.2. The van der Waals surface area contributed by atoms with Crippen molar-refractivity contribution in [1.29, 1.82) is 0 Å². The molecule has 1 N–H and O–H groups in total. The highest BCUT2D eigenvalue weighted by molar-refractivity contribution is 5.20. The van der Waals surface area contributed by atoms with Crippen molar-refractivity contribution < 1.29 is 5.11 Å². The third-order valence-corrected chi connectivity index (χ3v) is 1.77. The van der Waals surface area contributed by atoms with E-state index in [1.165, 1.54) is 0 Å². The van der Waals surface area contributed by atoms with Gasteiger partial charge >= 0.3 is 0 Å². The summed E-state index contributed by atoms with van der Waals surface area (Å²) in [6.45, 7) is 1.61. The Kier molecular flexibility index (Phi) is 2.89. The zero-order chi connectivity index (χ0) is 9.84. The molecule has 13 heavy (non-hydrogen) atoms. The molecule has 0 saturated heterocycles. The Morgan fingerprint density at radius 1 is 1.85 bits per heavy atom. The number of aliphatic hydroxyl groups excluding tert-OH is 1. The molecule has 0 fully saturated rings. The summed E-state index contributed by atoms with van der Waals surface area (Å²) >= 11 is 0. The van der Waals surface area contributed by atoms with Gasteiger partial charge < -0.3 is 5.11 Å². The lowest BCUT2D eigenvalue weighted by atomic mass is 10.1. The fourth-order valence-corrected chi connectivity index (χ4v) is 1.20. The maximum absolute atomic E-state index is 8.94. The van der Waals surface area contributed by atoms with Crippen LogP contribution in [0.25, 0.3) is 10.4 Å². The van der Waals surface area contributed by atoms with Gasteiger partial charge in [-0.1, -0.05) is 5.11 Å². The van der Waals surface area contributed by atoms with Crippen molar-refractivity contribution in [2.24, 2.45) is 12.2 Å². The number of nitrogens with zero attached hydrogens (tertiary/aromatic N) is 5. The van der Waals surface area contributed by atoms with E-state index in [9.17, 15) is 0 Å². The second kappa shape index (κ2) is 3.93. The zero-order valence-electron chi connectivity index (χ0n) is 7.55. The van der Waals surface area contributed by atoms with E-state index in [2.05, 4.69) is 15.1 Å². The number of azide groups is 1. The molecule has 0 radical (unpaired) electrons. The van der Waals surface area contributed by atoms with Crippen molar-refractivity contribution in [3.63, 3.8) is 0 Å². The monoisotopic (exact) mass is 181 g/mol. The van der Waals surface area contributed by atoms with Gasteiger partial charge in [-0.15, -0.1) is 0 Å². The van der Waals surface area contributed by atoms with Crippen molar-refractivity contribution in [1.82, 2.24) is 9.78 Å². The highest BCUT2D eigenvalue weighted by Gasteiger charge is 2.13. The molecule has 1 unspecified atom stereocenters. The first-order valence-electron chi connectivity index (χ1n) is 3.84. The molecule has 0 aliphatic carbocycles. The van der Waals surface area contributed by atoms with Crippen LogP contribution in [-0.2, 0) is 7.05 Å². The largest absolute Gasteiger partial charge is 0.396 e. The molecule has 1 rings (SSSR count). The summed E-state index contributed by atoms with van der Waals surface area (Å²) in [6.07, 6.45) is 1.74. The number of hydrogen-bond acceptors (Lipinski definition) is 3. The molecule has 0 amide bonds. The third-order valence-electron chi connectivity index (χ3n) is 1.77. The molecular weight excluding hydrogens is 170 g/mol. The van der Waals surface area contributed by atoms with Crippen molar-refractivity contribution >= 4 is 0 Å². The molecule has 0 bridgehead atoms. The molecule has 6 heteroatoms. The van der Waals surface area contributed by atoms with Gasteiger partial charge in [0.05, 0.1) is 18.3 Å². The molecule has 1 aromatic heterocycles. The fourth-order valence-electron chi connectivity index (χ4n) is 1.20. The average molecular weight is 181 g/mol. The Bertz CT molecular complexity index is 339. The number of rotatable bonds is 3. The van der Waals surface area contributed by atoms with Crippen molar-refractivity contribution in [3.05, 3.63) is 27.9 Å². The highest BCUT2D eigenvalue weighted by atomic mass is 16.3. The van der Waals surface area contributed by atoms with Gasteiger partial charge in [-0.2, -0.15) is 5.10 Å². The van der Waals surface area contributed by atoms with E-state index in [0.717, 1.165) is 11.3 Å². The Hall–Kier alpha value is -1.52. The molecule has 6 nitrogen and oxygen atoms in total. The molecule has 0 aliphatic heterocycles. The van der Waals surface area contributed by atoms with Crippen molar-refractivity contribution in [3.8, 4) is 0 Å². The first kappa shape index (κ1) is 9.57. The quantitative estimate of drug-likeness (QED) is 0.429. The molecule has 1 aromatic rings. The van der Waals surface area contributed by atoms with Gasteiger partial charge in [0.25, 0.3) is 0 Å². The lowest BCUT2D eigenvalue weighted by Gasteiger charge is -2.04. The third kappa shape index (κ3) is 1.99. The summed E-state index contributed by atoms with van der Waals surface area (Å²) in [4.78, 5) is 2.66. The van der Waals surface area contributed by atoms with Gasteiger partial charge in [0.1, 0.15) is 0 Å². The summed E-state index contributed by atoms with van der Waals surface area (Å²) in [6, 6.07) is -0.529. The summed E-state index contributed by atoms with van der Waals surface area (Å²) in [5.41, 5.74) is 9.79. The Morgan fingerprint density at radius 2 is 2.54 bits per heavy atom. The summed E-state index contributed by atoms with van der Waals surface area (Å²) in [7, 11) is 1.78.